The molecule has 1 aliphatic heterocycles. The van der Waals surface area contributed by atoms with E-state index in [0.717, 1.165) is 0 Å². The molecule has 0 bridgehead atoms. The van der Waals surface area contributed by atoms with Crippen molar-refractivity contribution in [1.82, 2.24) is 4.90 Å². The Labute approximate surface area is 155 Å². The van der Waals surface area contributed by atoms with Crippen molar-refractivity contribution < 1.29 is 24.4 Å². The van der Waals surface area contributed by atoms with Crippen LogP contribution in [0.25, 0.3) is 0 Å². The molecule has 9 heteroatoms. The zero-order chi connectivity index (χ0) is 19.3. The molecule has 8 nitrogen and oxygen atoms in total. The highest BCUT2D eigenvalue weighted by Gasteiger charge is 2.44. The predicted molar refractivity (Wildman–Crippen MR) is 96.6 cm³/mol. The van der Waals surface area contributed by atoms with Gasteiger partial charge in [0.05, 0.1) is 17.1 Å². The molecular weight excluding hydrogens is 360 g/mol. The minimum atomic E-state index is -1.15. The molecule has 1 fully saturated rings. The smallest absolute Gasteiger partial charge is 0.313 e. The number of carboxylic acids is 1. The van der Waals surface area contributed by atoms with Crippen molar-refractivity contribution in [2.45, 2.75) is 24.7 Å². The van der Waals surface area contributed by atoms with Crippen molar-refractivity contribution in [2.75, 3.05) is 32.6 Å². The molecule has 1 unspecified atom stereocenters. The summed E-state index contributed by atoms with van der Waals surface area (Å²) >= 11 is 1.42. The second-order valence-corrected chi connectivity index (χ2v) is 7.53. The molecule has 2 rings (SSSR count). The summed E-state index contributed by atoms with van der Waals surface area (Å²) < 4.78 is 5.08. The number of carboxylic acid groups (broad SMARTS) is 1. The molecule has 0 aliphatic carbocycles. The molecule has 1 amide bonds. The van der Waals surface area contributed by atoms with Crippen molar-refractivity contribution in [1.29, 1.82) is 0 Å². The number of carbonyl (C=O) groups excluding carboxylic acids is 1. The summed E-state index contributed by atoms with van der Waals surface area (Å²) in [5.41, 5.74) is -1.07. The maximum Gasteiger partial charge on any atom is 0.313 e. The number of nitrogens with zero attached hydrogens (tertiary/aromatic N) is 2. The van der Waals surface area contributed by atoms with Gasteiger partial charge in [0.25, 0.3) is 11.6 Å². The lowest BCUT2D eigenvalue weighted by Gasteiger charge is -2.39. The third-order valence-electron chi connectivity index (χ3n) is 4.44. The van der Waals surface area contributed by atoms with Crippen molar-refractivity contribution >= 4 is 29.3 Å². The summed E-state index contributed by atoms with van der Waals surface area (Å²) in [4.78, 5) is 37.5. The summed E-state index contributed by atoms with van der Waals surface area (Å²) in [5.74, 6) is -0.675. The first-order valence-corrected chi connectivity index (χ1v) is 9.26. The minimum Gasteiger partial charge on any atom is -0.481 e. The molecule has 1 aromatic carbocycles. The van der Waals surface area contributed by atoms with E-state index in [-0.39, 0.29) is 30.3 Å². The van der Waals surface area contributed by atoms with E-state index in [4.69, 9.17) is 4.74 Å². The Morgan fingerprint density at radius 2 is 2.19 bits per heavy atom. The van der Waals surface area contributed by atoms with E-state index in [2.05, 4.69) is 0 Å². The van der Waals surface area contributed by atoms with Gasteiger partial charge in [-0.05, 0) is 24.7 Å². The molecule has 1 N–H and O–H groups in total. The molecule has 0 spiro atoms. The van der Waals surface area contributed by atoms with Crippen molar-refractivity contribution in [3.8, 4) is 0 Å². The number of piperidine rings is 1. The zero-order valence-corrected chi connectivity index (χ0v) is 15.6. The molecular formula is C17H22N2O6S. The van der Waals surface area contributed by atoms with Gasteiger partial charge in [-0.1, -0.05) is 6.92 Å². The number of non-ortho nitro benzene ring substituents is 1. The van der Waals surface area contributed by atoms with Crippen LogP contribution in [0.3, 0.4) is 0 Å². The highest BCUT2D eigenvalue weighted by molar-refractivity contribution is 7.99. The number of amides is 1. The number of hydrogen-bond acceptors (Lipinski definition) is 6. The second-order valence-electron chi connectivity index (χ2n) is 6.22. The Kier molecular flexibility index (Phi) is 6.60. The first-order chi connectivity index (χ1) is 12.3. The fraction of sp³-hybridized carbons (Fsp3) is 0.529. The fourth-order valence-corrected chi connectivity index (χ4v) is 3.96. The van der Waals surface area contributed by atoms with E-state index in [1.807, 2.05) is 6.92 Å². The Morgan fingerprint density at radius 1 is 1.46 bits per heavy atom. The number of ether oxygens (including phenoxy) is 1. The van der Waals surface area contributed by atoms with Gasteiger partial charge in [-0.25, -0.2) is 0 Å². The van der Waals surface area contributed by atoms with Gasteiger partial charge < -0.3 is 14.7 Å². The molecule has 1 saturated heterocycles. The Hall–Kier alpha value is -2.13. The summed E-state index contributed by atoms with van der Waals surface area (Å²) in [7, 11) is 1.43. The first-order valence-electron chi connectivity index (χ1n) is 8.27. The van der Waals surface area contributed by atoms with Gasteiger partial charge in [-0.15, -0.1) is 11.8 Å². The van der Waals surface area contributed by atoms with Crippen LogP contribution in [-0.2, 0) is 9.53 Å². The van der Waals surface area contributed by atoms with Gasteiger partial charge in [0, 0.05) is 37.2 Å². The minimum absolute atomic E-state index is 0.0115. The molecule has 0 radical (unpaired) electrons. The van der Waals surface area contributed by atoms with E-state index in [1.54, 1.807) is 6.07 Å². The molecule has 26 heavy (non-hydrogen) atoms. The van der Waals surface area contributed by atoms with E-state index in [9.17, 15) is 24.8 Å². The number of likely N-dealkylation sites (tertiary alicyclic amines) is 1. The largest absolute Gasteiger partial charge is 0.481 e. The predicted octanol–water partition coefficient (Wildman–Crippen LogP) is 2.66. The van der Waals surface area contributed by atoms with Crippen LogP contribution in [-0.4, -0.2) is 59.4 Å². The van der Waals surface area contributed by atoms with Gasteiger partial charge >= 0.3 is 5.97 Å². The lowest BCUT2D eigenvalue weighted by Crippen LogP contribution is -2.52. The normalized spacial score (nSPS) is 20.0. The highest BCUT2D eigenvalue weighted by Crippen LogP contribution is 2.34. The standard InChI is InChI=1S/C17H22N2O6S/c1-3-26-14-6-5-12(19(23)24)9-13(14)15(20)18-8-4-7-17(10-18,11-25-2)16(21)22/h5-6,9H,3-4,7-8,10-11H2,1-2H3,(H,21,22). The van der Waals surface area contributed by atoms with Crippen molar-refractivity contribution in [2.24, 2.45) is 5.41 Å². The number of nitro groups is 1. The van der Waals surface area contributed by atoms with Crippen LogP contribution in [0, 0.1) is 15.5 Å². The fourth-order valence-electron chi connectivity index (χ4n) is 3.19. The van der Waals surface area contributed by atoms with Crippen LogP contribution in [0.15, 0.2) is 23.1 Å². The monoisotopic (exact) mass is 382 g/mol. The average Bonchev–Trinajstić information content (AvgIpc) is 2.62. The average molecular weight is 382 g/mol. The van der Waals surface area contributed by atoms with Gasteiger partial charge in [-0.2, -0.15) is 0 Å². The molecule has 1 heterocycles. The quantitative estimate of drug-likeness (QED) is 0.438. The van der Waals surface area contributed by atoms with Crippen LogP contribution < -0.4 is 0 Å². The molecule has 1 aliphatic rings. The lowest BCUT2D eigenvalue weighted by molar-refractivity contribution is -0.384. The highest BCUT2D eigenvalue weighted by atomic mass is 32.2. The summed E-state index contributed by atoms with van der Waals surface area (Å²) in [5, 5.41) is 20.7. The zero-order valence-electron chi connectivity index (χ0n) is 14.8. The Bertz CT molecular complexity index is 706. The number of methoxy groups -OCH3 is 1. The van der Waals surface area contributed by atoms with E-state index < -0.39 is 16.3 Å². The van der Waals surface area contributed by atoms with E-state index in [0.29, 0.717) is 30.0 Å². The Morgan fingerprint density at radius 3 is 2.77 bits per heavy atom. The number of aliphatic carboxylic acids is 1. The summed E-state index contributed by atoms with van der Waals surface area (Å²) in [6.07, 6.45) is 0.956. The number of carbonyl (C=O) groups is 2. The number of hydrogen-bond donors (Lipinski definition) is 1. The van der Waals surface area contributed by atoms with Crippen LogP contribution in [0.4, 0.5) is 5.69 Å². The van der Waals surface area contributed by atoms with Gasteiger partial charge in [0.1, 0.15) is 5.41 Å². The van der Waals surface area contributed by atoms with Crippen LogP contribution in [0.5, 0.6) is 0 Å². The number of rotatable bonds is 7. The number of thioether (sulfide) groups is 1. The van der Waals surface area contributed by atoms with Crippen molar-refractivity contribution in [3.05, 3.63) is 33.9 Å². The molecule has 0 saturated carbocycles. The van der Waals surface area contributed by atoms with Gasteiger partial charge in [-0.3, -0.25) is 19.7 Å². The lowest BCUT2D eigenvalue weighted by atomic mass is 9.80. The topological polar surface area (TPSA) is 110 Å². The summed E-state index contributed by atoms with van der Waals surface area (Å²) in [6, 6.07) is 4.22. The van der Waals surface area contributed by atoms with E-state index >= 15 is 0 Å². The second kappa shape index (κ2) is 8.50. The molecule has 0 aromatic heterocycles. The SMILES string of the molecule is CCSc1ccc([N+](=O)[O-])cc1C(=O)N1CCCC(COC)(C(=O)O)C1. The maximum absolute atomic E-state index is 13.0. The van der Waals surface area contributed by atoms with Gasteiger partial charge in [0.15, 0.2) is 0 Å². The molecule has 142 valence electrons. The first kappa shape index (κ1) is 20.2. The Balaban J connectivity index is 2.36. The third kappa shape index (κ3) is 4.16. The van der Waals surface area contributed by atoms with Crippen LogP contribution in [0.1, 0.15) is 30.1 Å². The van der Waals surface area contributed by atoms with Crippen molar-refractivity contribution in [3.63, 3.8) is 0 Å². The molecule has 1 aromatic rings. The maximum atomic E-state index is 13.0. The van der Waals surface area contributed by atoms with E-state index in [1.165, 1.54) is 35.9 Å². The molecule has 1 atom stereocenters. The summed E-state index contributed by atoms with van der Waals surface area (Å²) in [6.45, 7) is 2.37. The van der Waals surface area contributed by atoms with Gasteiger partial charge in [0.2, 0.25) is 0 Å². The van der Waals surface area contributed by atoms with Crippen LogP contribution >= 0.6 is 11.8 Å². The number of nitro benzene ring substituents is 1. The van der Waals surface area contributed by atoms with Crippen LogP contribution in [0.2, 0.25) is 0 Å². The number of benzene rings is 1. The third-order valence-corrected chi connectivity index (χ3v) is 5.40.